The fraction of sp³-hybridized carbons (Fsp3) is 0.467. The molecule has 1 amide bonds. The maximum absolute atomic E-state index is 12.3. The fourth-order valence-electron chi connectivity index (χ4n) is 3.34. The van der Waals surface area contributed by atoms with Crippen molar-refractivity contribution in [2.75, 3.05) is 19.6 Å². The Morgan fingerprint density at radius 1 is 1.43 bits per heavy atom. The van der Waals surface area contributed by atoms with Crippen LogP contribution in [0, 0.1) is 12.8 Å². The summed E-state index contributed by atoms with van der Waals surface area (Å²) in [6.07, 6.45) is 0. The second-order valence-electron chi connectivity index (χ2n) is 5.85. The van der Waals surface area contributed by atoms with E-state index in [-0.39, 0.29) is 5.91 Å². The zero-order chi connectivity index (χ0) is 14.4. The predicted molar refractivity (Wildman–Crippen MR) is 79.2 cm³/mol. The molecule has 0 spiro atoms. The molecule has 5 nitrogen and oxygen atoms in total. The minimum absolute atomic E-state index is 0.0689. The van der Waals surface area contributed by atoms with Crippen molar-refractivity contribution in [1.82, 2.24) is 14.8 Å². The van der Waals surface area contributed by atoms with E-state index in [0.717, 1.165) is 37.7 Å². The lowest BCUT2D eigenvalue weighted by Crippen LogP contribution is -2.54. The van der Waals surface area contributed by atoms with E-state index in [4.69, 9.17) is 4.42 Å². The van der Waals surface area contributed by atoms with Gasteiger partial charge in [0.05, 0.1) is 12.1 Å². The third-order valence-corrected chi connectivity index (χ3v) is 5.02. The van der Waals surface area contributed by atoms with Crippen LogP contribution in [0.1, 0.15) is 22.0 Å². The maximum atomic E-state index is 12.3. The van der Waals surface area contributed by atoms with Gasteiger partial charge in [-0.15, -0.1) is 11.3 Å². The monoisotopic (exact) mass is 303 g/mol. The summed E-state index contributed by atoms with van der Waals surface area (Å²) in [5, 5.41) is 1.83. The van der Waals surface area contributed by atoms with Crippen LogP contribution in [0.15, 0.2) is 27.4 Å². The second-order valence-corrected chi connectivity index (χ2v) is 6.57. The van der Waals surface area contributed by atoms with Crippen LogP contribution in [-0.4, -0.2) is 46.4 Å². The molecule has 0 N–H and O–H groups in total. The standard InChI is InChI=1S/C15H17N3O2S/c1-10-2-3-12(20-10)6-17-4-11-5-18(7-14(11)17)15(19)13-8-21-9-16-13/h2-3,8-9,11,14H,4-7H2,1H3. The first-order chi connectivity index (χ1) is 10.2. The number of rotatable bonds is 3. The number of nitrogens with zero attached hydrogens (tertiary/aromatic N) is 3. The van der Waals surface area contributed by atoms with E-state index in [9.17, 15) is 4.79 Å². The molecule has 0 aromatic carbocycles. The lowest BCUT2D eigenvalue weighted by molar-refractivity contribution is 0.0368. The number of hydrogen-bond donors (Lipinski definition) is 0. The van der Waals surface area contributed by atoms with Gasteiger partial charge in [-0.1, -0.05) is 0 Å². The largest absolute Gasteiger partial charge is 0.465 e. The van der Waals surface area contributed by atoms with Gasteiger partial charge in [0.1, 0.15) is 17.2 Å². The molecule has 4 rings (SSSR count). The Balaban J connectivity index is 1.39. The minimum atomic E-state index is 0.0689. The number of aromatic nitrogens is 1. The first-order valence-corrected chi connectivity index (χ1v) is 8.12. The van der Waals surface area contributed by atoms with Crippen molar-refractivity contribution in [2.24, 2.45) is 5.92 Å². The van der Waals surface area contributed by atoms with Crippen molar-refractivity contribution < 1.29 is 9.21 Å². The molecule has 2 atom stereocenters. The molecule has 2 aromatic heterocycles. The number of fused-ring (bicyclic) bond motifs is 1. The molecule has 2 aliphatic rings. The normalized spacial score (nSPS) is 24.9. The number of aryl methyl sites for hydroxylation is 1. The van der Waals surface area contributed by atoms with Crippen molar-refractivity contribution in [3.8, 4) is 0 Å². The van der Waals surface area contributed by atoms with Gasteiger partial charge >= 0.3 is 0 Å². The molecule has 0 bridgehead atoms. The Kier molecular flexibility index (Phi) is 3.08. The summed E-state index contributed by atoms with van der Waals surface area (Å²) in [6, 6.07) is 4.51. The van der Waals surface area contributed by atoms with Crippen molar-refractivity contribution in [1.29, 1.82) is 0 Å². The molecule has 2 aliphatic heterocycles. The van der Waals surface area contributed by atoms with Gasteiger partial charge in [0.2, 0.25) is 0 Å². The van der Waals surface area contributed by atoms with Gasteiger partial charge in [-0.05, 0) is 19.1 Å². The Bertz CT molecular complexity index is 652. The SMILES string of the molecule is Cc1ccc(CN2CC3CN(C(=O)c4cscn4)CC32)o1. The van der Waals surface area contributed by atoms with Crippen LogP contribution in [0.2, 0.25) is 0 Å². The number of likely N-dealkylation sites (tertiary alicyclic amines) is 2. The van der Waals surface area contributed by atoms with Gasteiger partial charge in [0.15, 0.2) is 0 Å². The summed E-state index contributed by atoms with van der Waals surface area (Å²) >= 11 is 1.47. The smallest absolute Gasteiger partial charge is 0.273 e. The van der Waals surface area contributed by atoms with Gasteiger partial charge in [-0.2, -0.15) is 0 Å². The highest BCUT2D eigenvalue weighted by Gasteiger charge is 2.47. The Labute approximate surface area is 127 Å². The van der Waals surface area contributed by atoms with Gasteiger partial charge in [0, 0.05) is 37.0 Å². The van der Waals surface area contributed by atoms with Gasteiger partial charge < -0.3 is 9.32 Å². The number of hydrogen-bond acceptors (Lipinski definition) is 5. The fourth-order valence-corrected chi connectivity index (χ4v) is 3.87. The quantitative estimate of drug-likeness (QED) is 0.870. The summed E-state index contributed by atoms with van der Waals surface area (Å²) in [7, 11) is 0. The highest BCUT2D eigenvalue weighted by molar-refractivity contribution is 7.07. The van der Waals surface area contributed by atoms with Crippen LogP contribution < -0.4 is 0 Å². The molecular formula is C15H17N3O2S. The molecule has 2 saturated heterocycles. The van der Waals surface area contributed by atoms with Crippen LogP contribution in [0.5, 0.6) is 0 Å². The molecule has 21 heavy (non-hydrogen) atoms. The minimum Gasteiger partial charge on any atom is -0.465 e. The first kappa shape index (κ1) is 13.0. The van der Waals surface area contributed by atoms with Crippen molar-refractivity contribution in [2.45, 2.75) is 19.5 Å². The summed E-state index contributed by atoms with van der Waals surface area (Å²) in [5.74, 6) is 2.63. The third-order valence-electron chi connectivity index (χ3n) is 4.44. The van der Waals surface area contributed by atoms with Crippen molar-refractivity contribution >= 4 is 17.2 Å². The summed E-state index contributed by atoms with van der Waals surface area (Å²) in [4.78, 5) is 20.8. The molecule has 2 aromatic rings. The number of carbonyl (C=O) groups excluding carboxylic acids is 1. The number of amides is 1. The van der Waals surface area contributed by atoms with E-state index in [1.54, 1.807) is 5.51 Å². The molecule has 2 fully saturated rings. The Hall–Kier alpha value is -1.66. The van der Waals surface area contributed by atoms with Gasteiger partial charge in [-0.3, -0.25) is 9.69 Å². The zero-order valence-electron chi connectivity index (χ0n) is 11.9. The first-order valence-electron chi connectivity index (χ1n) is 7.17. The highest BCUT2D eigenvalue weighted by Crippen LogP contribution is 2.34. The van der Waals surface area contributed by atoms with E-state index in [1.165, 1.54) is 11.3 Å². The Morgan fingerprint density at radius 3 is 3.05 bits per heavy atom. The van der Waals surface area contributed by atoms with E-state index in [0.29, 0.717) is 17.7 Å². The summed E-state index contributed by atoms with van der Waals surface area (Å²) < 4.78 is 5.64. The lowest BCUT2D eigenvalue weighted by Gasteiger charge is -2.42. The molecule has 2 unspecified atom stereocenters. The average molecular weight is 303 g/mol. The Morgan fingerprint density at radius 2 is 2.33 bits per heavy atom. The van der Waals surface area contributed by atoms with Crippen molar-refractivity contribution in [3.63, 3.8) is 0 Å². The van der Waals surface area contributed by atoms with Gasteiger partial charge in [-0.25, -0.2) is 4.98 Å². The van der Waals surface area contributed by atoms with Crippen molar-refractivity contribution in [3.05, 3.63) is 40.2 Å². The molecular weight excluding hydrogens is 286 g/mol. The summed E-state index contributed by atoms with van der Waals surface area (Å²) in [6.45, 7) is 5.51. The average Bonchev–Trinajstić information content (AvgIpc) is 3.16. The third kappa shape index (κ3) is 2.28. The molecule has 0 aliphatic carbocycles. The predicted octanol–water partition coefficient (Wildman–Crippen LogP) is 2.00. The molecule has 4 heterocycles. The van der Waals surface area contributed by atoms with E-state index < -0.39 is 0 Å². The molecule has 6 heteroatoms. The van der Waals surface area contributed by atoms with Gasteiger partial charge in [0.25, 0.3) is 5.91 Å². The van der Waals surface area contributed by atoms with E-state index in [1.807, 2.05) is 29.3 Å². The van der Waals surface area contributed by atoms with Crippen LogP contribution in [-0.2, 0) is 6.54 Å². The van der Waals surface area contributed by atoms with E-state index in [2.05, 4.69) is 9.88 Å². The molecule has 110 valence electrons. The van der Waals surface area contributed by atoms with Crippen LogP contribution >= 0.6 is 11.3 Å². The number of thiazole rings is 1. The maximum Gasteiger partial charge on any atom is 0.273 e. The van der Waals surface area contributed by atoms with Crippen LogP contribution in [0.4, 0.5) is 0 Å². The van der Waals surface area contributed by atoms with Crippen LogP contribution in [0.25, 0.3) is 0 Å². The topological polar surface area (TPSA) is 49.6 Å². The lowest BCUT2D eigenvalue weighted by atomic mass is 9.92. The summed E-state index contributed by atoms with van der Waals surface area (Å²) in [5.41, 5.74) is 2.29. The highest BCUT2D eigenvalue weighted by atomic mass is 32.1. The second kappa shape index (κ2) is 4.96. The van der Waals surface area contributed by atoms with Crippen LogP contribution in [0.3, 0.4) is 0 Å². The molecule has 0 radical (unpaired) electrons. The van der Waals surface area contributed by atoms with E-state index >= 15 is 0 Å². The number of furan rings is 1. The zero-order valence-corrected chi connectivity index (χ0v) is 12.7. The number of carbonyl (C=O) groups is 1. The molecule has 0 saturated carbocycles.